The van der Waals surface area contributed by atoms with Crippen LogP contribution in [0.5, 0.6) is 0 Å². The molecule has 0 spiro atoms. The minimum absolute atomic E-state index is 0.199. The third kappa shape index (κ3) is 2.10. The van der Waals surface area contributed by atoms with Crippen LogP contribution in [0.15, 0.2) is 6.33 Å². The van der Waals surface area contributed by atoms with E-state index in [1.54, 1.807) is 0 Å². The van der Waals surface area contributed by atoms with E-state index in [1.165, 1.54) is 6.33 Å². The molecule has 0 radical (unpaired) electrons. The summed E-state index contributed by atoms with van der Waals surface area (Å²) in [6.45, 7) is 4.67. The summed E-state index contributed by atoms with van der Waals surface area (Å²) in [7, 11) is 0. The Kier molecular flexibility index (Phi) is 2.79. The fraction of sp³-hybridized carbons (Fsp3) is 0.778. The standard InChI is InChI=1S/C9H16N4O/c1-7(14)8-2-3-13(4-8)5-9-10-6-11-12-9/h6-8,14H,2-5H2,1H3,(H,10,11,12). The highest BCUT2D eigenvalue weighted by atomic mass is 16.3. The third-order valence-electron chi connectivity index (χ3n) is 2.83. The lowest BCUT2D eigenvalue weighted by Gasteiger charge is -2.15. The zero-order valence-electron chi connectivity index (χ0n) is 8.35. The van der Waals surface area contributed by atoms with E-state index >= 15 is 0 Å². The first-order chi connectivity index (χ1) is 6.75. The zero-order chi connectivity index (χ0) is 9.97. The first-order valence-corrected chi connectivity index (χ1v) is 5.00. The molecule has 2 N–H and O–H groups in total. The molecule has 1 aliphatic rings. The van der Waals surface area contributed by atoms with Crippen LogP contribution in [0.1, 0.15) is 19.2 Å². The Balaban J connectivity index is 1.84. The van der Waals surface area contributed by atoms with Gasteiger partial charge in [-0.3, -0.25) is 10.00 Å². The number of likely N-dealkylation sites (tertiary alicyclic amines) is 1. The smallest absolute Gasteiger partial charge is 0.138 e. The summed E-state index contributed by atoms with van der Waals surface area (Å²) in [4.78, 5) is 6.37. The van der Waals surface area contributed by atoms with Crippen LogP contribution in [0.3, 0.4) is 0 Å². The monoisotopic (exact) mass is 196 g/mol. The minimum atomic E-state index is -0.199. The number of aliphatic hydroxyl groups excluding tert-OH is 1. The van der Waals surface area contributed by atoms with E-state index in [-0.39, 0.29) is 6.10 Å². The molecule has 5 heteroatoms. The van der Waals surface area contributed by atoms with Crippen LogP contribution in [0.2, 0.25) is 0 Å². The van der Waals surface area contributed by atoms with Crippen molar-refractivity contribution < 1.29 is 5.11 Å². The lowest BCUT2D eigenvalue weighted by Crippen LogP contribution is -2.24. The van der Waals surface area contributed by atoms with Crippen molar-refractivity contribution in [3.8, 4) is 0 Å². The molecule has 2 atom stereocenters. The number of nitrogens with zero attached hydrogens (tertiary/aromatic N) is 3. The van der Waals surface area contributed by atoms with Gasteiger partial charge in [0.05, 0.1) is 12.6 Å². The van der Waals surface area contributed by atoms with Gasteiger partial charge in [-0.1, -0.05) is 0 Å². The first kappa shape index (κ1) is 9.61. The fourth-order valence-corrected chi connectivity index (χ4v) is 1.92. The lowest BCUT2D eigenvalue weighted by atomic mass is 10.0. The van der Waals surface area contributed by atoms with Gasteiger partial charge in [0.15, 0.2) is 0 Å². The van der Waals surface area contributed by atoms with Crippen LogP contribution in [0.4, 0.5) is 0 Å². The van der Waals surface area contributed by atoms with Gasteiger partial charge in [0.2, 0.25) is 0 Å². The molecule has 5 nitrogen and oxygen atoms in total. The summed E-state index contributed by atoms with van der Waals surface area (Å²) in [6, 6.07) is 0. The molecule has 2 heterocycles. The van der Waals surface area contributed by atoms with Crippen molar-refractivity contribution in [1.29, 1.82) is 0 Å². The van der Waals surface area contributed by atoms with Crippen LogP contribution < -0.4 is 0 Å². The number of hydrogen-bond acceptors (Lipinski definition) is 4. The van der Waals surface area contributed by atoms with Gasteiger partial charge in [0.25, 0.3) is 0 Å². The molecule has 14 heavy (non-hydrogen) atoms. The quantitative estimate of drug-likeness (QED) is 0.714. The molecule has 0 bridgehead atoms. The van der Waals surface area contributed by atoms with E-state index in [2.05, 4.69) is 20.1 Å². The van der Waals surface area contributed by atoms with Crippen molar-refractivity contribution >= 4 is 0 Å². The van der Waals surface area contributed by atoms with E-state index in [0.29, 0.717) is 5.92 Å². The highest BCUT2D eigenvalue weighted by molar-refractivity contribution is 4.85. The van der Waals surface area contributed by atoms with Crippen LogP contribution in [0.25, 0.3) is 0 Å². The van der Waals surface area contributed by atoms with Gasteiger partial charge < -0.3 is 5.11 Å². The van der Waals surface area contributed by atoms with E-state index in [4.69, 9.17) is 0 Å². The van der Waals surface area contributed by atoms with Gasteiger partial charge in [0.1, 0.15) is 12.2 Å². The van der Waals surface area contributed by atoms with Crippen LogP contribution in [-0.4, -0.2) is 44.4 Å². The number of aliphatic hydroxyl groups is 1. The predicted octanol–water partition coefficient (Wildman–Crippen LogP) is 0.00740. The molecule has 1 saturated heterocycles. The van der Waals surface area contributed by atoms with Gasteiger partial charge in [-0.05, 0) is 25.8 Å². The molecule has 0 amide bonds. The maximum absolute atomic E-state index is 9.43. The Labute approximate surface area is 83.2 Å². The van der Waals surface area contributed by atoms with Gasteiger partial charge in [-0.15, -0.1) is 0 Å². The molecule has 2 rings (SSSR count). The molecule has 1 aromatic heterocycles. The average Bonchev–Trinajstić information content (AvgIpc) is 2.75. The van der Waals surface area contributed by atoms with Crippen molar-refractivity contribution in [3.63, 3.8) is 0 Å². The minimum Gasteiger partial charge on any atom is -0.393 e. The van der Waals surface area contributed by atoms with Crippen molar-refractivity contribution in [2.45, 2.75) is 26.0 Å². The Morgan fingerprint density at radius 1 is 1.79 bits per heavy atom. The van der Waals surface area contributed by atoms with Crippen LogP contribution in [-0.2, 0) is 6.54 Å². The SMILES string of the molecule is CC(O)C1CCN(Cc2ncn[nH]2)C1. The van der Waals surface area contributed by atoms with E-state index in [1.807, 2.05) is 6.92 Å². The second-order valence-electron chi connectivity index (χ2n) is 3.96. The summed E-state index contributed by atoms with van der Waals surface area (Å²) < 4.78 is 0. The van der Waals surface area contributed by atoms with Crippen molar-refractivity contribution in [3.05, 3.63) is 12.2 Å². The van der Waals surface area contributed by atoms with Crippen LogP contribution >= 0.6 is 0 Å². The lowest BCUT2D eigenvalue weighted by molar-refractivity contribution is 0.127. The Morgan fingerprint density at radius 3 is 3.21 bits per heavy atom. The molecule has 0 saturated carbocycles. The second-order valence-corrected chi connectivity index (χ2v) is 3.96. The maximum atomic E-state index is 9.43. The van der Waals surface area contributed by atoms with Gasteiger partial charge in [0, 0.05) is 6.54 Å². The Hall–Kier alpha value is -0.940. The Morgan fingerprint density at radius 2 is 2.64 bits per heavy atom. The van der Waals surface area contributed by atoms with Gasteiger partial charge >= 0.3 is 0 Å². The number of rotatable bonds is 3. The summed E-state index contributed by atoms with van der Waals surface area (Å²) >= 11 is 0. The molecule has 2 unspecified atom stereocenters. The molecule has 0 aliphatic carbocycles. The molecule has 0 aromatic carbocycles. The molecular formula is C9H16N4O. The highest BCUT2D eigenvalue weighted by Crippen LogP contribution is 2.20. The highest BCUT2D eigenvalue weighted by Gasteiger charge is 2.26. The fourth-order valence-electron chi connectivity index (χ4n) is 1.92. The second kappa shape index (κ2) is 4.06. The topological polar surface area (TPSA) is 65.0 Å². The third-order valence-corrected chi connectivity index (χ3v) is 2.83. The normalized spacial score (nSPS) is 25.4. The van der Waals surface area contributed by atoms with Crippen molar-refractivity contribution in [2.75, 3.05) is 13.1 Å². The largest absolute Gasteiger partial charge is 0.393 e. The number of H-pyrrole nitrogens is 1. The summed E-state index contributed by atoms with van der Waals surface area (Å²) in [5.41, 5.74) is 0. The maximum Gasteiger partial charge on any atom is 0.138 e. The van der Waals surface area contributed by atoms with Gasteiger partial charge in [-0.2, -0.15) is 5.10 Å². The molecule has 1 aliphatic heterocycles. The van der Waals surface area contributed by atoms with Crippen LogP contribution in [0, 0.1) is 5.92 Å². The van der Waals surface area contributed by atoms with Crippen molar-refractivity contribution in [2.24, 2.45) is 5.92 Å². The summed E-state index contributed by atoms with van der Waals surface area (Å²) in [6.07, 6.45) is 2.40. The molecule has 78 valence electrons. The molecular weight excluding hydrogens is 180 g/mol. The number of aromatic amines is 1. The van der Waals surface area contributed by atoms with Gasteiger partial charge in [-0.25, -0.2) is 4.98 Å². The first-order valence-electron chi connectivity index (χ1n) is 5.00. The van der Waals surface area contributed by atoms with E-state index in [0.717, 1.165) is 31.9 Å². The van der Waals surface area contributed by atoms with Crippen molar-refractivity contribution in [1.82, 2.24) is 20.1 Å². The number of hydrogen-bond donors (Lipinski definition) is 2. The number of aromatic nitrogens is 3. The molecule has 1 fully saturated rings. The summed E-state index contributed by atoms with van der Waals surface area (Å²) in [5, 5.41) is 16.1. The Bertz CT molecular complexity index is 272. The molecule has 1 aromatic rings. The number of nitrogens with one attached hydrogen (secondary N) is 1. The summed E-state index contributed by atoms with van der Waals surface area (Å²) in [5.74, 6) is 1.31. The zero-order valence-corrected chi connectivity index (χ0v) is 8.35. The predicted molar refractivity (Wildman–Crippen MR) is 51.4 cm³/mol. The average molecular weight is 196 g/mol. The van der Waals surface area contributed by atoms with E-state index in [9.17, 15) is 5.11 Å². The van der Waals surface area contributed by atoms with E-state index < -0.39 is 0 Å².